The number of hydrogen-bond donors (Lipinski definition) is 4. The van der Waals surface area contributed by atoms with Crippen LogP contribution in [0.4, 0.5) is 0 Å². The Labute approximate surface area is 196 Å². The highest BCUT2D eigenvalue weighted by molar-refractivity contribution is 5.18. The van der Waals surface area contributed by atoms with Gasteiger partial charge in [0, 0.05) is 11.8 Å². The third kappa shape index (κ3) is 3.53. The largest absolute Gasteiger partial charge is 0.393 e. The molecule has 12 unspecified atom stereocenters. The maximum Gasteiger partial charge on any atom is 0.0985 e. The van der Waals surface area contributed by atoms with E-state index in [2.05, 4.69) is 41.5 Å². The second-order valence-corrected chi connectivity index (χ2v) is 13.4. The van der Waals surface area contributed by atoms with Gasteiger partial charge in [0.15, 0.2) is 0 Å². The summed E-state index contributed by atoms with van der Waals surface area (Å²) in [5.74, 6) is 3.56. The van der Waals surface area contributed by atoms with Crippen molar-refractivity contribution in [1.82, 2.24) is 0 Å². The van der Waals surface area contributed by atoms with Gasteiger partial charge in [-0.25, -0.2) is 0 Å². The number of fused-ring (bicyclic) bond motifs is 5. The molecule has 4 aliphatic rings. The van der Waals surface area contributed by atoms with Crippen molar-refractivity contribution in [2.45, 2.75) is 123 Å². The van der Waals surface area contributed by atoms with E-state index in [4.69, 9.17) is 0 Å². The van der Waals surface area contributed by atoms with Crippen molar-refractivity contribution in [3.8, 4) is 0 Å². The van der Waals surface area contributed by atoms with Gasteiger partial charge in [-0.2, -0.15) is 0 Å². The van der Waals surface area contributed by atoms with Crippen LogP contribution in [-0.4, -0.2) is 44.3 Å². The molecule has 0 radical (unpaired) electrons. The summed E-state index contributed by atoms with van der Waals surface area (Å²) < 4.78 is 0. The fourth-order valence-electron chi connectivity index (χ4n) is 9.25. The molecule has 32 heavy (non-hydrogen) atoms. The Kier molecular flexibility index (Phi) is 6.63. The van der Waals surface area contributed by atoms with E-state index < -0.39 is 23.2 Å². The minimum atomic E-state index is -1.24. The summed E-state index contributed by atoms with van der Waals surface area (Å²) >= 11 is 0. The predicted molar refractivity (Wildman–Crippen MR) is 128 cm³/mol. The zero-order chi connectivity index (χ0) is 23.6. The quantitative estimate of drug-likeness (QED) is 0.486. The van der Waals surface area contributed by atoms with Gasteiger partial charge in [0.2, 0.25) is 0 Å². The molecule has 0 aromatic rings. The van der Waals surface area contributed by atoms with Gasteiger partial charge in [-0.3, -0.25) is 0 Å². The summed E-state index contributed by atoms with van der Waals surface area (Å²) in [6, 6.07) is 0. The molecule has 0 aromatic carbocycles. The van der Waals surface area contributed by atoms with Crippen molar-refractivity contribution >= 4 is 0 Å². The Morgan fingerprint density at radius 1 is 0.844 bits per heavy atom. The SMILES string of the molecule is CC(C)C(C)CCC(C)C1CCC2C3CC(O)C4(O)CC(O)CCC4(C)C3CC(O)C12C. The maximum absolute atomic E-state index is 11.7. The van der Waals surface area contributed by atoms with Gasteiger partial charge in [-0.1, -0.05) is 54.4 Å². The van der Waals surface area contributed by atoms with Gasteiger partial charge in [0.1, 0.15) is 0 Å². The number of hydrogen-bond acceptors (Lipinski definition) is 4. The third-order valence-corrected chi connectivity index (χ3v) is 11.9. The average Bonchev–Trinajstić information content (AvgIpc) is 3.08. The molecule has 4 saturated carbocycles. The van der Waals surface area contributed by atoms with Crippen LogP contribution in [0.2, 0.25) is 0 Å². The van der Waals surface area contributed by atoms with Crippen LogP contribution in [0, 0.1) is 52.3 Å². The molecule has 186 valence electrons. The molecule has 4 fully saturated rings. The first-order valence-corrected chi connectivity index (χ1v) is 13.6. The van der Waals surface area contributed by atoms with Crippen LogP contribution < -0.4 is 0 Å². The van der Waals surface area contributed by atoms with Crippen molar-refractivity contribution in [2.24, 2.45) is 52.3 Å². The molecule has 12 atom stereocenters. The highest BCUT2D eigenvalue weighted by atomic mass is 16.3. The van der Waals surface area contributed by atoms with Gasteiger partial charge in [0.05, 0.1) is 23.9 Å². The molecule has 0 saturated heterocycles. The lowest BCUT2D eigenvalue weighted by molar-refractivity contribution is -0.275. The van der Waals surface area contributed by atoms with E-state index in [1.54, 1.807) is 0 Å². The molecule has 0 spiro atoms. The van der Waals surface area contributed by atoms with Crippen LogP contribution in [0.3, 0.4) is 0 Å². The van der Waals surface area contributed by atoms with Crippen molar-refractivity contribution in [3.05, 3.63) is 0 Å². The zero-order valence-corrected chi connectivity index (χ0v) is 21.4. The number of rotatable bonds is 5. The first-order chi connectivity index (χ1) is 14.9. The van der Waals surface area contributed by atoms with Crippen molar-refractivity contribution < 1.29 is 20.4 Å². The predicted octanol–water partition coefficient (Wildman–Crippen LogP) is 4.77. The maximum atomic E-state index is 11.7. The van der Waals surface area contributed by atoms with E-state index in [1.165, 1.54) is 19.3 Å². The second kappa shape index (κ2) is 8.50. The van der Waals surface area contributed by atoms with Crippen LogP contribution in [0.5, 0.6) is 0 Å². The molecule has 4 N–H and O–H groups in total. The van der Waals surface area contributed by atoms with Crippen LogP contribution in [0.1, 0.15) is 99.3 Å². The van der Waals surface area contributed by atoms with Crippen LogP contribution in [0.25, 0.3) is 0 Å². The van der Waals surface area contributed by atoms with E-state index in [9.17, 15) is 20.4 Å². The van der Waals surface area contributed by atoms with Gasteiger partial charge in [-0.15, -0.1) is 0 Å². The smallest absolute Gasteiger partial charge is 0.0985 e. The van der Waals surface area contributed by atoms with E-state index in [1.807, 2.05) is 0 Å². The molecular weight excluding hydrogens is 400 g/mol. The first kappa shape index (κ1) is 24.9. The molecule has 4 aliphatic carbocycles. The summed E-state index contributed by atoms with van der Waals surface area (Å²) in [5, 5.41) is 44.8. The molecule has 4 rings (SSSR count). The molecule has 0 aliphatic heterocycles. The standard InChI is InChI=1S/C28H50O4/c1-16(2)17(3)7-8-18(4)21-9-10-22-20-13-25(31)28(32)15-19(29)11-12-26(28,5)23(20)14-24(30)27(21,22)6/h16-25,29-32H,7-15H2,1-6H3. The summed E-state index contributed by atoms with van der Waals surface area (Å²) in [6.45, 7) is 13.9. The fraction of sp³-hybridized carbons (Fsp3) is 1.00. The lowest BCUT2D eigenvalue weighted by Gasteiger charge is -2.66. The normalized spacial score (nSPS) is 52.8. The number of aliphatic hydroxyl groups is 4. The lowest BCUT2D eigenvalue weighted by Crippen LogP contribution is -2.70. The minimum absolute atomic E-state index is 0.0959. The monoisotopic (exact) mass is 450 g/mol. The highest BCUT2D eigenvalue weighted by Gasteiger charge is 2.69. The van der Waals surface area contributed by atoms with E-state index in [0.29, 0.717) is 42.4 Å². The Morgan fingerprint density at radius 3 is 2.19 bits per heavy atom. The minimum Gasteiger partial charge on any atom is -0.393 e. The molecule has 0 heterocycles. The number of aliphatic hydroxyl groups excluding tert-OH is 3. The first-order valence-electron chi connectivity index (χ1n) is 13.6. The Hall–Kier alpha value is -0.160. The van der Waals surface area contributed by atoms with Gasteiger partial charge < -0.3 is 20.4 Å². The molecule has 0 bridgehead atoms. The van der Waals surface area contributed by atoms with Crippen LogP contribution in [-0.2, 0) is 0 Å². The van der Waals surface area contributed by atoms with Crippen molar-refractivity contribution in [2.75, 3.05) is 0 Å². The highest BCUT2D eigenvalue weighted by Crippen LogP contribution is 2.69. The summed E-state index contributed by atoms with van der Waals surface area (Å²) in [4.78, 5) is 0. The molecule has 0 aromatic heterocycles. The van der Waals surface area contributed by atoms with Crippen molar-refractivity contribution in [1.29, 1.82) is 0 Å². The summed E-state index contributed by atoms with van der Waals surface area (Å²) in [5.41, 5.74) is -1.77. The third-order valence-electron chi connectivity index (χ3n) is 11.9. The van der Waals surface area contributed by atoms with Gasteiger partial charge in [-0.05, 0) is 85.4 Å². The Balaban J connectivity index is 1.57. The second-order valence-electron chi connectivity index (χ2n) is 13.4. The lowest BCUT2D eigenvalue weighted by atomic mass is 9.41. The summed E-state index contributed by atoms with van der Waals surface area (Å²) in [6.07, 6.45) is 6.12. The molecule has 4 nitrogen and oxygen atoms in total. The van der Waals surface area contributed by atoms with Crippen LogP contribution in [0.15, 0.2) is 0 Å². The Morgan fingerprint density at radius 2 is 1.53 bits per heavy atom. The molecular formula is C28H50O4. The van der Waals surface area contributed by atoms with E-state index in [0.717, 1.165) is 25.2 Å². The topological polar surface area (TPSA) is 80.9 Å². The van der Waals surface area contributed by atoms with E-state index >= 15 is 0 Å². The summed E-state index contributed by atoms with van der Waals surface area (Å²) in [7, 11) is 0. The van der Waals surface area contributed by atoms with E-state index in [-0.39, 0.29) is 23.9 Å². The van der Waals surface area contributed by atoms with Crippen LogP contribution >= 0.6 is 0 Å². The van der Waals surface area contributed by atoms with Crippen molar-refractivity contribution in [3.63, 3.8) is 0 Å². The average molecular weight is 451 g/mol. The fourth-order valence-corrected chi connectivity index (χ4v) is 9.25. The van der Waals surface area contributed by atoms with Gasteiger partial charge >= 0.3 is 0 Å². The molecule has 0 amide bonds. The zero-order valence-electron chi connectivity index (χ0n) is 21.4. The Bertz CT molecular complexity index is 680. The van der Waals surface area contributed by atoms with Gasteiger partial charge in [0.25, 0.3) is 0 Å². The molecule has 4 heteroatoms.